The van der Waals surface area contributed by atoms with E-state index >= 15 is 0 Å². The summed E-state index contributed by atoms with van der Waals surface area (Å²) in [5.41, 5.74) is 5.59. The molecule has 2 aromatic carbocycles. The number of fused-ring (bicyclic) bond motifs is 2. The Hall–Kier alpha value is -3.25. The number of rotatable bonds is 2. The van der Waals surface area contributed by atoms with E-state index in [0.717, 1.165) is 41.4 Å². The molecule has 2 aliphatic rings. The lowest BCUT2D eigenvalue weighted by Gasteiger charge is -2.33. The molecular weight excluding hydrogens is 366 g/mol. The van der Waals surface area contributed by atoms with Crippen molar-refractivity contribution in [1.29, 1.82) is 0 Å². The lowest BCUT2D eigenvalue weighted by molar-refractivity contribution is -0.126. The molecule has 1 aliphatic carbocycles. The zero-order valence-electron chi connectivity index (χ0n) is 15.9. The summed E-state index contributed by atoms with van der Waals surface area (Å²) >= 11 is 0. The number of para-hydroxylation sites is 1. The monoisotopic (exact) mass is 387 g/mol. The first kappa shape index (κ1) is 17.8. The van der Waals surface area contributed by atoms with Gasteiger partial charge in [-0.25, -0.2) is 5.48 Å². The van der Waals surface area contributed by atoms with Gasteiger partial charge in [-0.15, -0.1) is 0 Å². The first-order valence-corrected chi connectivity index (χ1v) is 9.83. The molecule has 0 bridgehead atoms. The Labute approximate surface area is 168 Å². The second-order valence-electron chi connectivity index (χ2n) is 7.97. The summed E-state index contributed by atoms with van der Waals surface area (Å²) in [6.45, 7) is 0.672. The summed E-state index contributed by atoms with van der Waals surface area (Å²) in [6, 6.07) is 15.4. The average molecular weight is 387 g/mol. The fourth-order valence-electron chi connectivity index (χ4n) is 4.74. The van der Waals surface area contributed by atoms with Gasteiger partial charge in [-0.2, -0.15) is 0 Å². The van der Waals surface area contributed by atoms with Crippen LogP contribution < -0.4 is 10.4 Å². The third-order valence-corrected chi connectivity index (χ3v) is 6.37. The van der Waals surface area contributed by atoms with Crippen molar-refractivity contribution in [3.8, 4) is 0 Å². The van der Waals surface area contributed by atoms with Crippen LogP contribution in [0.2, 0.25) is 0 Å². The molecule has 1 aromatic heterocycles. The molecule has 2 N–H and O–H groups in total. The van der Waals surface area contributed by atoms with Crippen LogP contribution >= 0.6 is 0 Å². The molecule has 6 heteroatoms. The number of benzene rings is 2. The number of aryl methyl sites for hydroxylation is 1. The molecule has 2 amide bonds. The number of amides is 2. The minimum Gasteiger partial charge on any atom is -0.310 e. The quantitative estimate of drug-likeness (QED) is 0.522. The topological polar surface area (TPSA) is 82.5 Å². The Bertz CT molecular complexity index is 1140. The molecule has 0 radical (unpaired) electrons. The van der Waals surface area contributed by atoms with Crippen molar-refractivity contribution >= 4 is 28.4 Å². The molecule has 0 saturated carbocycles. The maximum absolute atomic E-state index is 13.5. The summed E-state index contributed by atoms with van der Waals surface area (Å²) in [6.07, 6.45) is 4.80. The van der Waals surface area contributed by atoms with Gasteiger partial charge >= 0.3 is 0 Å². The summed E-state index contributed by atoms with van der Waals surface area (Å²) in [7, 11) is 0. The average Bonchev–Trinajstić information content (AvgIpc) is 3.07. The second kappa shape index (κ2) is 6.67. The van der Waals surface area contributed by atoms with Crippen molar-refractivity contribution in [3.05, 3.63) is 71.4 Å². The van der Waals surface area contributed by atoms with E-state index in [1.165, 1.54) is 5.56 Å². The fraction of sp³-hybridized carbons (Fsp3) is 0.261. The third-order valence-electron chi connectivity index (χ3n) is 6.37. The first-order chi connectivity index (χ1) is 14.1. The van der Waals surface area contributed by atoms with Gasteiger partial charge in [0.15, 0.2) is 0 Å². The number of hydrogen-bond acceptors (Lipinski definition) is 4. The second-order valence-corrected chi connectivity index (χ2v) is 7.97. The normalized spacial score (nSPS) is 20.9. The number of hydrogen-bond donors (Lipinski definition) is 2. The maximum atomic E-state index is 13.5. The van der Waals surface area contributed by atoms with Crippen LogP contribution in [0, 0.1) is 5.41 Å². The van der Waals surface area contributed by atoms with E-state index in [2.05, 4.69) is 4.98 Å². The van der Waals surface area contributed by atoms with Gasteiger partial charge in [0.2, 0.25) is 5.91 Å². The molecule has 1 spiro atoms. The van der Waals surface area contributed by atoms with Gasteiger partial charge in [0.25, 0.3) is 5.91 Å². The van der Waals surface area contributed by atoms with Gasteiger partial charge in [-0.1, -0.05) is 24.3 Å². The Kier molecular flexibility index (Phi) is 4.10. The van der Waals surface area contributed by atoms with Gasteiger partial charge in [0.1, 0.15) is 0 Å². The molecule has 1 saturated heterocycles. The molecule has 146 valence electrons. The maximum Gasteiger partial charge on any atom is 0.274 e. The smallest absolute Gasteiger partial charge is 0.274 e. The van der Waals surface area contributed by atoms with E-state index in [1.807, 2.05) is 41.3 Å². The van der Waals surface area contributed by atoms with E-state index in [9.17, 15) is 9.59 Å². The fourth-order valence-corrected chi connectivity index (χ4v) is 4.74. The number of carbonyl (C=O) groups is 2. The largest absolute Gasteiger partial charge is 0.310 e. The molecule has 1 atom stereocenters. The highest BCUT2D eigenvalue weighted by molar-refractivity contribution is 6.01. The van der Waals surface area contributed by atoms with Crippen LogP contribution in [-0.2, 0) is 17.6 Å². The number of nitrogens with one attached hydrogen (secondary N) is 1. The van der Waals surface area contributed by atoms with Crippen molar-refractivity contribution in [2.75, 3.05) is 11.4 Å². The molecular formula is C23H21N3O3. The number of hydroxylamine groups is 1. The standard InChI is InChI=1S/C23H21N3O3/c27-21(25-29)17-6-5-15-7-8-23(13-18(15)11-17)9-10-26(22(23)28)19-12-16-3-1-2-4-20(16)24-14-19/h1-6,11-12,14,29H,7-10,13H2,(H,25,27)/t23-/m1/s1. The van der Waals surface area contributed by atoms with Crippen LogP contribution in [0.25, 0.3) is 10.9 Å². The summed E-state index contributed by atoms with van der Waals surface area (Å²) in [5, 5.41) is 9.93. The number of aromatic nitrogens is 1. The van der Waals surface area contributed by atoms with E-state index in [0.29, 0.717) is 18.5 Å². The molecule has 2 heterocycles. The van der Waals surface area contributed by atoms with Gasteiger partial charge < -0.3 is 4.90 Å². The van der Waals surface area contributed by atoms with Crippen LogP contribution in [-0.4, -0.2) is 28.6 Å². The highest BCUT2D eigenvalue weighted by Gasteiger charge is 2.48. The molecule has 1 fully saturated rings. The Balaban J connectivity index is 1.45. The van der Waals surface area contributed by atoms with Crippen molar-refractivity contribution in [2.24, 2.45) is 5.41 Å². The van der Waals surface area contributed by atoms with Crippen molar-refractivity contribution < 1.29 is 14.8 Å². The summed E-state index contributed by atoms with van der Waals surface area (Å²) < 4.78 is 0. The van der Waals surface area contributed by atoms with Crippen LogP contribution in [0.5, 0.6) is 0 Å². The Morgan fingerprint density at radius 2 is 1.97 bits per heavy atom. The number of anilines is 1. The number of nitrogens with zero attached hydrogens (tertiary/aromatic N) is 2. The van der Waals surface area contributed by atoms with Gasteiger partial charge in [0, 0.05) is 17.5 Å². The Morgan fingerprint density at radius 3 is 2.83 bits per heavy atom. The molecule has 5 rings (SSSR count). The van der Waals surface area contributed by atoms with E-state index in [-0.39, 0.29) is 5.91 Å². The molecule has 1 aliphatic heterocycles. The Morgan fingerprint density at radius 1 is 1.10 bits per heavy atom. The summed E-state index contributed by atoms with van der Waals surface area (Å²) in [5.74, 6) is -0.397. The minimum absolute atomic E-state index is 0.136. The van der Waals surface area contributed by atoms with Crippen LogP contribution in [0.3, 0.4) is 0 Å². The van der Waals surface area contributed by atoms with Crippen LogP contribution in [0.15, 0.2) is 54.7 Å². The highest BCUT2D eigenvalue weighted by atomic mass is 16.5. The van der Waals surface area contributed by atoms with E-state index in [4.69, 9.17) is 5.21 Å². The van der Waals surface area contributed by atoms with Crippen molar-refractivity contribution in [3.63, 3.8) is 0 Å². The predicted octanol–water partition coefficient (Wildman–Crippen LogP) is 3.27. The summed E-state index contributed by atoms with van der Waals surface area (Å²) in [4.78, 5) is 31.6. The molecule has 3 aromatic rings. The van der Waals surface area contributed by atoms with Gasteiger partial charge in [-0.3, -0.25) is 19.8 Å². The van der Waals surface area contributed by atoms with Crippen molar-refractivity contribution in [2.45, 2.75) is 25.7 Å². The zero-order chi connectivity index (χ0) is 20.0. The highest BCUT2D eigenvalue weighted by Crippen LogP contribution is 2.45. The SMILES string of the molecule is O=C(NO)c1ccc2c(c1)C[C@@]1(CC2)CCN(c2cnc3ccccc3c2)C1=O. The lowest BCUT2D eigenvalue weighted by Crippen LogP contribution is -2.39. The number of pyridine rings is 1. The predicted molar refractivity (Wildman–Crippen MR) is 109 cm³/mol. The van der Waals surface area contributed by atoms with E-state index < -0.39 is 11.3 Å². The van der Waals surface area contributed by atoms with Crippen molar-refractivity contribution in [1.82, 2.24) is 10.5 Å². The zero-order valence-corrected chi connectivity index (χ0v) is 15.9. The molecule has 0 unspecified atom stereocenters. The lowest BCUT2D eigenvalue weighted by atomic mass is 9.70. The number of carbonyl (C=O) groups excluding carboxylic acids is 2. The van der Waals surface area contributed by atoms with Crippen LogP contribution in [0.1, 0.15) is 34.3 Å². The molecule has 6 nitrogen and oxygen atoms in total. The van der Waals surface area contributed by atoms with Gasteiger partial charge in [0.05, 0.1) is 22.8 Å². The van der Waals surface area contributed by atoms with E-state index in [1.54, 1.807) is 23.8 Å². The first-order valence-electron chi connectivity index (χ1n) is 9.83. The molecule has 29 heavy (non-hydrogen) atoms. The van der Waals surface area contributed by atoms with Gasteiger partial charge in [-0.05, 0) is 61.1 Å². The van der Waals surface area contributed by atoms with Crippen LogP contribution in [0.4, 0.5) is 5.69 Å². The third kappa shape index (κ3) is 2.87. The minimum atomic E-state index is -0.533.